The number of nitrogens with zero attached hydrogens (tertiary/aromatic N) is 1. The van der Waals surface area contributed by atoms with E-state index in [1.165, 1.54) is 12.1 Å². The number of piperidine rings is 1. The Morgan fingerprint density at radius 3 is 2.42 bits per heavy atom. The average molecular weight is 379 g/mol. The zero-order valence-corrected chi connectivity index (χ0v) is 15.3. The zero-order valence-electron chi connectivity index (χ0n) is 14.6. The summed E-state index contributed by atoms with van der Waals surface area (Å²) < 4.78 is 18.4. The Hall–Kier alpha value is -1.82. The minimum absolute atomic E-state index is 0.203. The van der Waals surface area contributed by atoms with Crippen molar-refractivity contribution < 1.29 is 14.2 Å². The number of halogens is 2. The second-order valence-electron chi connectivity index (χ2n) is 6.64. The van der Waals surface area contributed by atoms with E-state index in [2.05, 4.69) is 10.2 Å². The second kappa shape index (κ2) is 9.21. The van der Waals surface area contributed by atoms with Crippen LogP contribution in [0.25, 0.3) is 0 Å². The molecule has 1 unspecified atom stereocenters. The molecule has 0 aliphatic carbocycles. The van der Waals surface area contributed by atoms with Gasteiger partial charge in [-0.2, -0.15) is 0 Å². The molecule has 1 heterocycles. The predicted octanol–water partition coefficient (Wildman–Crippen LogP) is 3.80. The summed E-state index contributed by atoms with van der Waals surface area (Å²) in [6.07, 6.45) is 1.48. The van der Waals surface area contributed by atoms with Gasteiger partial charge in [-0.15, -0.1) is 0 Å². The Morgan fingerprint density at radius 2 is 1.77 bits per heavy atom. The van der Waals surface area contributed by atoms with Gasteiger partial charge in [-0.05, 0) is 61.4 Å². The summed E-state index contributed by atoms with van der Waals surface area (Å²) in [7, 11) is 0. The van der Waals surface area contributed by atoms with Crippen molar-refractivity contribution in [2.24, 2.45) is 0 Å². The Kier molecular flexibility index (Phi) is 6.72. The molecule has 1 aliphatic heterocycles. The summed E-state index contributed by atoms with van der Waals surface area (Å²) >= 11 is 5.91. The molecule has 26 heavy (non-hydrogen) atoms. The number of anilines is 1. The molecule has 2 aromatic rings. The van der Waals surface area contributed by atoms with Gasteiger partial charge in [0.05, 0.1) is 0 Å². The molecule has 0 bridgehead atoms. The van der Waals surface area contributed by atoms with E-state index in [1.807, 2.05) is 24.3 Å². The summed E-state index contributed by atoms with van der Waals surface area (Å²) in [6, 6.07) is 14.0. The third-order valence-electron chi connectivity index (χ3n) is 4.53. The van der Waals surface area contributed by atoms with Gasteiger partial charge in [0.2, 0.25) is 0 Å². The molecular weight excluding hydrogens is 355 g/mol. The number of ether oxygens (including phenoxy) is 1. The van der Waals surface area contributed by atoms with Gasteiger partial charge >= 0.3 is 0 Å². The van der Waals surface area contributed by atoms with E-state index in [9.17, 15) is 9.50 Å². The van der Waals surface area contributed by atoms with Crippen LogP contribution in [-0.4, -0.2) is 48.4 Å². The number of benzene rings is 2. The molecule has 0 aromatic heterocycles. The highest BCUT2D eigenvalue weighted by atomic mass is 35.5. The number of aliphatic hydroxyl groups is 1. The van der Waals surface area contributed by atoms with E-state index in [4.69, 9.17) is 16.3 Å². The van der Waals surface area contributed by atoms with Gasteiger partial charge in [0, 0.05) is 36.4 Å². The van der Waals surface area contributed by atoms with Crippen LogP contribution in [0.4, 0.5) is 10.1 Å². The van der Waals surface area contributed by atoms with Crippen molar-refractivity contribution in [2.75, 3.05) is 31.6 Å². The fraction of sp³-hybridized carbons (Fsp3) is 0.400. The number of hydrogen-bond donors (Lipinski definition) is 2. The predicted molar refractivity (Wildman–Crippen MR) is 102 cm³/mol. The van der Waals surface area contributed by atoms with E-state index in [0.717, 1.165) is 36.6 Å². The van der Waals surface area contributed by atoms with Crippen LogP contribution in [0, 0.1) is 5.82 Å². The maximum Gasteiger partial charge on any atom is 0.123 e. The summed E-state index contributed by atoms with van der Waals surface area (Å²) in [5.41, 5.74) is 1.08. The van der Waals surface area contributed by atoms with Crippen molar-refractivity contribution in [3.05, 3.63) is 59.4 Å². The number of rotatable bonds is 7. The van der Waals surface area contributed by atoms with Crippen LogP contribution in [0.5, 0.6) is 5.75 Å². The van der Waals surface area contributed by atoms with Crippen molar-refractivity contribution in [1.29, 1.82) is 0 Å². The van der Waals surface area contributed by atoms with Gasteiger partial charge < -0.3 is 20.1 Å². The summed E-state index contributed by atoms with van der Waals surface area (Å²) in [5, 5.41) is 14.4. The highest BCUT2D eigenvalue weighted by Crippen LogP contribution is 2.19. The lowest BCUT2D eigenvalue weighted by atomic mass is 10.0. The second-order valence-corrected chi connectivity index (χ2v) is 7.08. The largest absolute Gasteiger partial charge is 0.491 e. The summed E-state index contributed by atoms with van der Waals surface area (Å²) in [4.78, 5) is 2.25. The fourth-order valence-electron chi connectivity index (χ4n) is 3.12. The topological polar surface area (TPSA) is 44.7 Å². The normalized spacial score (nSPS) is 17.0. The average Bonchev–Trinajstić information content (AvgIpc) is 2.65. The number of aliphatic hydroxyl groups excluding tert-OH is 1. The van der Waals surface area contributed by atoms with Crippen LogP contribution in [0.1, 0.15) is 12.8 Å². The Balaban J connectivity index is 1.36. The number of hydrogen-bond acceptors (Lipinski definition) is 4. The van der Waals surface area contributed by atoms with Gasteiger partial charge in [0.1, 0.15) is 24.3 Å². The highest BCUT2D eigenvalue weighted by Gasteiger charge is 2.21. The van der Waals surface area contributed by atoms with Gasteiger partial charge in [0.15, 0.2) is 0 Å². The molecule has 2 N–H and O–H groups in total. The number of likely N-dealkylation sites (tertiary alicyclic amines) is 1. The van der Waals surface area contributed by atoms with Crippen molar-refractivity contribution in [3.8, 4) is 5.75 Å². The fourth-order valence-corrected chi connectivity index (χ4v) is 3.24. The molecule has 0 radical (unpaired) electrons. The standard InChI is InChI=1S/C20H24ClFN2O2/c21-15-1-5-17(6-2-15)23-18-9-11-24(12-10-18)13-19(25)14-26-20-7-3-16(22)4-8-20/h1-8,18-19,23,25H,9-14H2. The third-order valence-corrected chi connectivity index (χ3v) is 4.78. The first-order chi connectivity index (χ1) is 12.6. The lowest BCUT2D eigenvalue weighted by Gasteiger charge is -2.33. The minimum atomic E-state index is -0.569. The molecule has 1 aliphatic rings. The van der Waals surface area contributed by atoms with Crippen LogP contribution >= 0.6 is 11.6 Å². The molecule has 0 saturated carbocycles. The lowest BCUT2D eigenvalue weighted by molar-refractivity contribution is 0.0605. The van der Waals surface area contributed by atoms with Gasteiger partial charge in [-0.25, -0.2) is 4.39 Å². The monoisotopic (exact) mass is 378 g/mol. The molecule has 1 atom stereocenters. The van der Waals surface area contributed by atoms with E-state index in [-0.39, 0.29) is 12.4 Å². The molecular formula is C20H24ClFN2O2. The minimum Gasteiger partial charge on any atom is -0.491 e. The van der Waals surface area contributed by atoms with E-state index in [0.29, 0.717) is 18.3 Å². The van der Waals surface area contributed by atoms with Crippen molar-refractivity contribution in [2.45, 2.75) is 25.0 Å². The van der Waals surface area contributed by atoms with Gasteiger partial charge in [-0.1, -0.05) is 11.6 Å². The lowest BCUT2D eigenvalue weighted by Crippen LogP contribution is -2.43. The zero-order chi connectivity index (χ0) is 18.4. The first-order valence-electron chi connectivity index (χ1n) is 8.89. The van der Waals surface area contributed by atoms with Crippen LogP contribution in [0.3, 0.4) is 0 Å². The Bertz CT molecular complexity index is 673. The first kappa shape index (κ1) is 19.0. The van der Waals surface area contributed by atoms with Crippen LogP contribution in [0.15, 0.2) is 48.5 Å². The van der Waals surface area contributed by atoms with E-state index >= 15 is 0 Å². The van der Waals surface area contributed by atoms with Crippen LogP contribution in [-0.2, 0) is 0 Å². The molecule has 1 saturated heterocycles. The molecule has 1 fully saturated rings. The third kappa shape index (κ3) is 5.87. The van der Waals surface area contributed by atoms with Crippen LogP contribution < -0.4 is 10.1 Å². The van der Waals surface area contributed by atoms with Crippen molar-refractivity contribution in [3.63, 3.8) is 0 Å². The van der Waals surface area contributed by atoms with E-state index in [1.54, 1.807) is 12.1 Å². The molecule has 0 spiro atoms. The van der Waals surface area contributed by atoms with Crippen molar-refractivity contribution in [1.82, 2.24) is 4.90 Å². The molecule has 0 amide bonds. The van der Waals surface area contributed by atoms with Gasteiger partial charge in [-0.3, -0.25) is 0 Å². The van der Waals surface area contributed by atoms with Crippen molar-refractivity contribution >= 4 is 17.3 Å². The Morgan fingerprint density at radius 1 is 1.12 bits per heavy atom. The Labute approximate surface area is 158 Å². The molecule has 3 rings (SSSR count). The maximum atomic E-state index is 12.9. The summed E-state index contributed by atoms with van der Waals surface area (Å²) in [5.74, 6) is 0.268. The summed E-state index contributed by atoms with van der Waals surface area (Å²) in [6.45, 7) is 2.64. The highest BCUT2D eigenvalue weighted by molar-refractivity contribution is 6.30. The smallest absolute Gasteiger partial charge is 0.123 e. The maximum absolute atomic E-state index is 12.9. The van der Waals surface area contributed by atoms with Crippen LogP contribution in [0.2, 0.25) is 5.02 Å². The molecule has 2 aromatic carbocycles. The number of nitrogens with one attached hydrogen (secondary N) is 1. The quantitative estimate of drug-likeness (QED) is 0.769. The van der Waals surface area contributed by atoms with Gasteiger partial charge in [0.25, 0.3) is 0 Å². The molecule has 140 valence electrons. The molecule has 6 heteroatoms. The molecule has 4 nitrogen and oxygen atoms in total. The SMILES string of the molecule is OC(COc1ccc(F)cc1)CN1CCC(Nc2ccc(Cl)cc2)CC1. The van der Waals surface area contributed by atoms with E-state index < -0.39 is 6.10 Å². The number of β-amino-alcohol motifs (C(OH)–C–C–N with tert-alkyl or cyclic N) is 1. The first-order valence-corrected chi connectivity index (χ1v) is 9.27.